The third kappa shape index (κ3) is 5.31. The Morgan fingerprint density at radius 1 is 1.06 bits per heavy atom. The van der Waals surface area contributed by atoms with Crippen molar-refractivity contribution < 1.29 is 9.26 Å². The van der Waals surface area contributed by atoms with Gasteiger partial charge in [0.2, 0.25) is 9.04 Å². The Morgan fingerprint density at radius 2 is 1.72 bits per heavy atom. The molecule has 1 rings (SSSR count). The quantitative estimate of drug-likeness (QED) is 0.503. The van der Waals surface area contributed by atoms with Crippen LogP contribution >= 0.6 is 0 Å². The molecule has 1 atom stereocenters. The van der Waals surface area contributed by atoms with Crippen LogP contribution in [0.3, 0.4) is 0 Å². The van der Waals surface area contributed by atoms with E-state index in [1.54, 1.807) is 0 Å². The molecule has 0 heterocycles. The summed E-state index contributed by atoms with van der Waals surface area (Å²) in [5.74, 6) is 0. The van der Waals surface area contributed by atoms with E-state index < -0.39 is 9.04 Å². The second kappa shape index (κ2) is 9.27. The van der Waals surface area contributed by atoms with Gasteiger partial charge in [-0.2, -0.15) is 5.06 Å². The summed E-state index contributed by atoms with van der Waals surface area (Å²) in [4.78, 5) is 5.82. The van der Waals surface area contributed by atoms with Crippen molar-refractivity contribution >= 4 is 14.2 Å². The first-order valence-corrected chi connectivity index (χ1v) is 8.72. The zero-order valence-corrected chi connectivity index (χ0v) is 12.9. The summed E-state index contributed by atoms with van der Waals surface area (Å²) in [5.41, 5.74) is 0. The molecule has 0 radical (unpaired) electrons. The fourth-order valence-electron chi connectivity index (χ4n) is 1.75. The molecule has 0 bridgehead atoms. The maximum Gasteiger partial charge on any atom is 0.235 e. The minimum atomic E-state index is -1.46. The first-order chi connectivity index (χ1) is 8.81. The molecule has 1 aromatic carbocycles. The zero-order chi connectivity index (χ0) is 13.2. The van der Waals surface area contributed by atoms with Gasteiger partial charge < -0.3 is 4.43 Å². The van der Waals surface area contributed by atoms with Gasteiger partial charge in [0.15, 0.2) is 0 Å². The van der Waals surface area contributed by atoms with Crippen molar-refractivity contribution in [1.29, 1.82) is 0 Å². The van der Waals surface area contributed by atoms with E-state index in [9.17, 15) is 0 Å². The molecular formula is C14H25NO2Si. The summed E-state index contributed by atoms with van der Waals surface area (Å²) >= 11 is 0. The molecular weight excluding hydrogens is 242 g/mol. The molecule has 4 heteroatoms. The second-order valence-corrected chi connectivity index (χ2v) is 6.49. The summed E-state index contributed by atoms with van der Waals surface area (Å²) in [6, 6.07) is 10.5. The molecule has 18 heavy (non-hydrogen) atoms. The maximum atomic E-state index is 6.00. The highest BCUT2D eigenvalue weighted by Gasteiger charge is 2.16. The van der Waals surface area contributed by atoms with E-state index in [4.69, 9.17) is 9.26 Å². The van der Waals surface area contributed by atoms with E-state index in [1.807, 2.05) is 11.1 Å². The van der Waals surface area contributed by atoms with E-state index in [2.05, 4.69) is 45.0 Å². The first-order valence-electron chi connectivity index (χ1n) is 6.86. The Labute approximate surface area is 112 Å². The highest BCUT2D eigenvalue weighted by molar-refractivity contribution is 6.67. The Morgan fingerprint density at radius 3 is 2.28 bits per heavy atom. The predicted molar refractivity (Wildman–Crippen MR) is 78.3 cm³/mol. The number of rotatable bonds is 9. The van der Waals surface area contributed by atoms with Gasteiger partial charge in [-0.1, -0.05) is 51.1 Å². The first kappa shape index (κ1) is 15.4. The van der Waals surface area contributed by atoms with Crippen molar-refractivity contribution in [3.8, 4) is 0 Å². The Hall–Kier alpha value is -0.683. The van der Waals surface area contributed by atoms with E-state index in [-0.39, 0.29) is 0 Å². The van der Waals surface area contributed by atoms with Gasteiger partial charge in [-0.3, -0.25) is 4.84 Å². The Bertz CT molecular complexity index is 304. The lowest BCUT2D eigenvalue weighted by molar-refractivity contribution is -0.137. The topological polar surface area (TPSA) is 21.7 Å². The van der Waals surface area contributed by atoms with Crippen molar-refractivity contribution in [2.45, 2.75) is 27.2 Å². The lowest BCUT2D eigenvalue weighted by Gasteiger charge is -2.22. The van der Waals surface area contributed by atoms with Gasteiger partial charge in [0.25, 0.3) is 0 Å². The second-order valence-electron chi connectivity index (χ2n) is 4.18. The van der Waals surface area contributed by atoms with Crippen LogP contribution < -0.4 is 5.19 Å². The van der Waals surface area contributed by atoms with Crippen LogP contribution in [0.25, 0.3) is 0 Å². The molecule has 3 nitrogen and oxygen atoms in total. The van der Waals surface area contributed by atoms with Crippen LogP contribution in [0.4, 0.5) is 0 Å². The molecule has 102 valence electrons. The number of benzene rings is 1. The van der Waals surface area contributed by atoms with Gasteiger partial charge in [0.1, 0.15) is 0 Å². The van der Waals surface area contributed by atoms with E-state index in [0.717, 1.165) is 26.1 Å². The molecule has 1 aromatic rings. The van der Waals surface area contributed by atoms with Crippen molar-refractivity contribution in [2.75, 3.05) is 25.9 Å². The van der Waals surface area contributed by atoms with Gasteiger partial charge in [0, 0.05) is 19.7 Å². The fraction of sp³-hybridized carbons (Fsp3) is 0.571. The number of nitrogens with zero attached hydrogens (tertiary/aromatic N) is 1. The summed E-state index contributed by atoms with van der Waals surface area (Å²) in [5, 5.41) is 3.30. The SMILES string of the molecule is CCCO[SiH](CON(CC)CC)c1ccccc1. The molecule has 1 unspecified atom stereocenters. The van der Waals surface area contributed by atoms with Crippen LogP contribution in [0.15, 0.2) is 30.3 Å². The zero-order valence-electron chi connectivity index (χ0n) is 11.8. The monoisotopic (exact) mass is 267 g/mol. The van der Waals surface area contributed by atoms with Gasteiger partial charge >= 0.3 is 0 Å². The van der Waals surface area contributed by atoms with Crippen molar-refractivity contribution in [3.05, 3.63) is 30.3 Å². The molecule has 0 spiro atoms. The largest absolute Gasteiger partial charge is 0.413 e. The number of hydrogen-bond donors (Lipinski definition) is 0. The molecule has 0 aliphatic carbocycles. The normalized spacial score (nSPS) is 12.9. The molecule has 0 N–H and O–H groups in total. The number of hydrogen-bond acceptors (Lipinski definition) is 3. The van der Waals surface area contributed by atoms with Crippen molar-refractivity contribution in [1.82, 2.24) is 5.06 Å². The molecule has 0 fully saturated rings. The van der Waals surface area contributed by atoms with E-state index in [0.29, 0.717) is 6.23 Å². The van der Waals surface area contributed by atoms with Crippen LogP contribution in [0, 0.1) is 0 Å². The van der Waals surface area contributed by atoms with Crippen LogP contribution in [0.2, 0.25) is 0 Å². The third-order valence-electron chi connectivity index (χ3n) is 2.81. The number of hydroxylamine groups is 2. The maximum absolute atomic E-state index is 6.00. The van der Waals surface area contributed by atoms with E-state index in [1.165, 1.54) is 5.19 Å². The van der Waals surface area contributed by atoms with Crippen LogP contribution in [0.1, 0.15) is 27.2 Å². The van der Waals surface area contributed by atoms with Crippen molar-refractivity contribution in [2.24, 2.45) is 0 Å². The van der Waals surface area contributed by atoms with Crippen LogP contribution in [0.5, 0.6) is 0 Å². The van der Waals surface area contributed by atoms with E-state index >= 15 is 0 Å². The van der Waals surface area contributed by atoms with Gasteiger partial charge in [-0.25, -0.2) is 0 Å². The third-order valence-corrected chi connectivity index (χ3v) is 5.03. The summed E-state index contributed by atoms with van der Waals surface area (Å²) in [6.45, 7) is 9.01. The lowest BCUT2D eigenvalue weighted by Crippen LogP contribution is -2.41. The molecule has 0 saturated carbocycles. The average molecular weight is 267 g/mol. The lowest BCUT2D eigenvalue weighted by atomic mass is 10.4. The average Bonchev–Trinajstić information content (AvgIpc) is 2.44. The predicted octanol–water partition coefficient (Wildman–Crippen LogP) is 1.86. The molecule has 0 aliphatic rings. The van der Waals surface area contributed by atoms with Crippen LogP contribution in [-0.2, 0) is 9.26 Å². The molecule has 0 aliphatic heterocycles. The molecule has 0 aromatic heterocycles. The summed E-state index contributed by atoms with van der Waals surface area (Å²) in [7, 11) is -1.46. The van der Waals surface area contributed by atoms with Gasteiger partial charge in [0.05, 0.1) is 6.23 Å². The van der Waals surface area contributed by atoms with Gasteiger partial charge in [-0.15, -0.1) is 0 Å². The van der Waals surface area contributed by atoms with Gasteiger partial charge in [-0.05, 0) is 11.6 Å². The Kier molecular flexibility index (Phi) is 7.92. The highest BCUT2D eigenvalue weighted by Crippen LogP contribution is 1.97. The highest BCUT2D eigenvalue weighted by atomic mass is 28.3. The molecule has 0 saturated heterocycles. The minimum absolute atomic E-state index is 0.714. The van der Waals surface area contributed by atoms with Crippen molar-refractivity contribution in [3.63, 3.8) is 0 Å². The van der Waals surface area contributed by atoms with Crippen LogP contribution in [-0.4, -0.2) is 40.0 Å². The molecule has 0 amide bonds. The summed E-state index contributed by atoms with van der Waals surface area (Å²) < 4.78 is 6.00. The Balaban J connectivity index is 2.56. The summed E-state index contributed by atoms with van der Waals surface area (Å²) in [6.07, 6.45) is 1.77. The smallest absolute Gasteiger partial charge is 0.235 e. The standard InChI is InChI=1S/C14H25NO2Si/c1-4-12-17-18(13-16-15(5-2)6-3)14-10-8-7-9-11-14/h7-11,18H,4-6,12-13H2,1-3H3. The fourth-order valence-corrected chi connectivity index (χ4v) is 3.75. The minimum Gasteiger partial charge on any atom is -0.413 e.